The van der Waals surface area contributed by atoms with Crippen LogP contribution in [0.4, 0.5) is 8.78 Å². The summed E-state index contributed by atoms with van der Waals surface area (Å²) in [6, 6.07) is 0. The van der Waals surface area contributed by atoms with Crippen molar-refractivity contribution in [3.8, 4) is 0 Å². The zero-order valence-corrected chi connectivity index (χ0v) is 13.2. The van der Waals surface area contributed by atoms with Crippen LogP contribution in [0, 0.1) is 13.8 Å². The number of ketones is 1. The van der Waals surface area contributed by atoms with Gasteiger partial charge in [0, 0.05) is 44.6 Å². The second kappa shape index (κ2) is 6.14. The lowest BCUT2D eigenvalue weighted by Gasteiger charge is -2.31. The Morgan fingerprint density at radius 1 is 1.23 bits per heavy atom. The fourth-order valence-corrected chi connectivity index (χ4v) is 2.87. The molecule has 0 aromatic carbocycles. The lowest BCUT2D eigenvalue weighted by Crippen LogP contribution is -2.43. The highest BCUT2D eigenvalue weighted by Crippen LogP contribution is 2.27. The van der Waals surface area contributed by atoms with E-state index in [-0.39, 0.29) is 44.0 Å². The number of likely N-dealkylation sites (tertiary alicyclic amines) is 1. The zero-order valence-electron chi connectivity index (χ0n) is 13.2. The van der Waals surface area contributed by atoms with Crippen LogP contribution in [0.25, 0.3) is 0 Å². The van der Waals surface area contributed by atoms with Gasteiger partial charge in [0.05, 0.1) is 11.3 Å². The third-order valence-corrected chi connectivity index (χ3v) is 4.12. The normalized spacial score (nSPS) is 17.6. The van der Waals surface area contributed by atoms with Gasteiger partial charge in [-0.25, -0.2) is 8.78 Å². The molecule has 122 valence electrons. The number of nitrogens with zero attached hydrogens (tertiary/aromatic N) is 3. The van der Waals surface area contributed by atoms with Crippen molar-refractivity contribution >= 4 is 11.7 Å². The number of Topliss-reactive ketones (excluding diaryl/α,β-unsaturated/α-hetero) is 1. The van der Waals surface area contributed by atoms with Crippen LogP contribution in [-0.4, -0.2) is 45.4 Å². The van der Waals surface area contributed by atoms with Crippen molar-refractivity contribution in [1.82, 2.24) is 14.7 Å². The smallest absolute Gasteiger partial charge is 0.251 e. The first-order valence-electron chi connectivity index (χ1n) is 7.42. The highest BCUT2D eigenvalue weighted by Gasteiger charge is 2.35. The monoisotopic (exact) mass is 313 g/mol. The Bertz CT molecular complexity index is 586. The number of alkyl halides is 2. The number of carbonyl (C=O) groups excluding carboxylic acids is 2. The summed E-state index contributed by atoms with van der Waals surface area (Å²) in [6.45, 7) is 5.59. The molecule has 0 saturated carbocycles. The van der Waals surface area contributed by atoms with Crippen molar-refractivity contribution in [2.45, 2.75) is 52.5 Å². The molecule has 1 fully saturated rings. The number of rotatable bonds is 4. The minimum absolute atomic E-state index is 0.0501. The van der Waals surface area contributed by atoms with Crippen LogP contribution in [0.15, 0.2) is 0 Å². The van der Waals surface area contributed by atoms with Crippen LogP contribution in [0.5, 0.6) is 0 Å². The topological polar surface area (TPSA) is 55.2 Å². The molecule has 0 bridgehead atoms. The van der Waals surface area contributed by atoms with Crippen molar-refractivity contribution in [3.05, 3.63) is 17.0 Å². The van der Waals surface area contributed by atoms with Crippen LogP contribution in [0.1, 0.15) is 47.9 Å². The molecule has 0 unspecified atom stereocenters. The van der Waals surface area contributed by atoms with Gasteiger partial charge < -0.3 is 4.90 Å². The first kappa shape index (κ1) is 16.6. The summed E-state index contributed by atoms with van der Waals surface area (Å²) in [4.78, 5) is 25.1. The largest absolute Gasteiger partial charge is 0.342 e. The Morgan fingerprint density at radius 2 is 1.82 bits per heavy atom. The van der Waals surface area contributed by atoms with E-state index in [0.29, 0.717) is 17.8 Å². The molecule has 1 saturated heterocycles. The van der Waals surface area contributed by atoms with Gasteiger partial charge in [0.25, 0.3) is 5.92 Å². The Labute approximate surface area is 128 Å². The Hall–Kier alpha value is -1.79. The number of hydrogen-bond donors (Lipinski definition) is 0. The highest BCUT2D eigenvalue weighted by atomic mass is 19.3. The summed E-state index contributed by atoms with van der Waals surface area (Å²) in [5.74, 6) is -2.85. The quantitative estimate of drug-likeness (QED) is 0.802. The summed E-state index contributed by atoms with van der Waals surface area (Å²) >= 11 is 0. The average Bonchev–Trinajstić information content (AvgIpc) is 2.70. The molecule has 0 radical (unpaired) electrons. The molecule has 22 heavy (non-hydrogen) atoms. The van der Waals surface area contributed by atoms with E-state index >= 15 is 0 Å². The van der Waals surface area contributed by atoms with Crippen LogP contribution in [-0.2, 0) is 11.3 Å². The van der Waals surface area contributed by atoms with Gasteiger partial charge in [-0.05, 0) is 20.8 Å². The van der Waals surface area contributed by atoms with Crippen molar-refractivity contribution in [3.63, 3.8) is 0 Å². The number of carbonyl (C=O) groups is 2. The second-order valence-electron chi connectivity index (χ2n) is 5.81. The fourth-order valence-electron chi connectivity index (χ4n) is 2.87. The summed E-state index contributed by atoms with van der Waals surface area (Å²) in [5, 5.41) is 4.28. The number of aryl methyl sites for hydroxylation is 2. The van der Waals surface area contributed by atoms with E-state index in [1.54, 1.807) is 18.5 Å². The van der Waals surface area contributed by atoms with E-state index in [0.717, 1.165) is 5.69 Å². The minimum Gasteiger partial charge on any atom is -0.342 e. The molecule has 1 amide bonds. The van der Waals surface area contributed by atoms with Gasteiger partial charge in [0.15, 0.2) is 5.78 Å². The van der Waals surface area contributed by atoms with Gasteiger partial charge in [-0.2, -0.15) is 5.10 Å². The molecule has 5 nitrogen and oxygen atoms in total. The van der Waals surface area contributed by atoms with E-state index in [2.05, 4.69) is 5.10 Å². The summed E-state index contributed by atoms with van der Waals surface area (Å²) < 4.78 is 27.8. The number of amides is 1. The van der Waals surface area contributed by atoms with Crippen LogP contribution in [0.2, 0.25) is 0 Å². The van der Waals surface area contributed by atoms with Crippen molar-refractivity contribution in [2.24, 2.45) is 0 Å². The van der Waals surface area contributed by atoms with Gasteiger partial charge >= 0.3 is 0 Å². The van der Waals surface area contributed by atoms with Crippen molar-refractivity contribution in [1.29, 1.82) is 0 Å². The predicted molar refractivity (Wildman–Crippen MR) is 77.1 cm³/mol. The van der Waals surface area contributed by atoms with Gasteiger partial charge in [0.2, 0.25) is 5.91 Å². The Balaban J connectivity index is 1.95. The molecule has 2 rings (SSSR count). The molecule has 0 spiro atoms. The molecule has 7 heteroatoms. The number of hydrogen-bond acceptors (Lipinski definition) is 3. The van der Waals surface area contributed by atoms with Crippen molar-refractivity contribution < 1.29 is 18.4 Å². The average molecular weight is 313 g/mol. The molecular weight excluding hydrogens is 292 g/mol. The Kier molecular flexibility index (Phi) is 4.63. The fraction of sp³-hybridized carbons (Fsp3) is 0.667. The SMILES string of the molecule is CC(=O)c1c(C)nn(CCC(=O)N2CCC(F)(F)CC2)c1C. The maximum atomic E-state index is 13.1. The highest BCUT2D eigenvalue weighted by molar-refractivity contribution is 5.96. The first-order valence-corrected chi connectivity index (χ1v) is 7.42. The molecule has 1 aromatic rings. The van der Waals surface area contributed by atoms with E-state index in [1.165, 1.54) is 11.8 Å². The van der Waals surface area contributed by atoms with Gasteiger partial charge in [-0.15, -0.1) is 0 Å². The molecule has 0 aliphatic carbocycles. The van der Waals surface area contributed by atoms with Gasteiger partial charge in [0.1, 0.15) is 0 Å². The van der Waals surface area contributed by atoms with Gasteiger partial charge in [-0.3, -0.25) is 14.3 Å². The van der Waals surface area contributed by atoms with Crippen molar-refractivity contribution in [2.75, 3.05) is 13.1 Å². The molecule has 1 aliphatic heterocycles. The standard InChI is InChI=1S/C15H21F2N3O2/c1-10-14(12(3)21)11(2)20(18-10)7-4-13(22)19-8-5-15(16,17)6-9-19/h4-9H2,1-3H3. The van der Waals surface area contributed by atoms with E-state index < -0.39 is 5.92 Å². The van der Waals surface area contributed by atoms with Gasteiger partial charge in [-0.1, -0.05) is 0 Å². The summed E-state index contributed by atoms with van der Waals surface area (Å²) in [6.07, 6.45) is -0.342. The number of piperidine rings is 1. The zero-order chi connectivity index (χ0) is 16.5. The van der Waals surface area contributed by atoms with Crippen LogP contribution in [0.3, 0.4) is 0 Å². The number of halogens is 2. The Morgan fingerprint density at radius 3 is 2.32 bits per heavy atom. The molecule has 0 N–H and O–H groups in total. The number of aromatic nitrogens is 2. The lowest BCUT2D eigenvalue weighted by atomic mass is 10.1. The molecular formula is C15H21F2N3O2. The third kappa shape index (κ3) is 3.51. The lowest BCUT2D eigenvalue weighted by molar-refractivity contribution is -0.137. The first-order chi connectivity index (χ1) is 10.2. The van der Waals surface area contributed by atoms with E-state index in [9.17, 15) is 18.4 Å². The van der Waals surface area contributed by atoms with Crippen LogP contribution >= 0.6 is 0 Å². The summed E-state index contributed by atoms with van der Waals surface area (Å²) in [7, 11) is 0. The molecule has 2 heterocycles. The van der Waals surface area contributed by atoms with E-state index in [1.807, 2.05) is 0 Å². The predicted octanol–water partition coefficient (Wildman–Crippen LogP) is 2.35. The second-order valence-corrected chi connectivity index (χ2v) is 5.81. The summed E-state index contributed by atoms with van der Waals surface area (Å²) in [5.41, 5.74) is 1.98. The molecule has 0 atom stereocenters. The third-order valence-electron chi connectivity index (χ3n) is 4.12. The van der Waals surface area contributed by atoms with E-state index in [4.69, 9.17) is 0 Å². The maximum Gasteiger partial charge on any atom is 0.251 e. The minimum atomic E-state index is -2.65. The van der Waals surface area contributed by atoms with Crippen LogP contribution < -0.4 is 0 Å². The molecule has 1 aliphatic rings. The maximum absolute atomic E-state index is 13.1. The molecule has 1 aromatic heterocycles.